The predicted molar refractivity (Wildman–Crippen MR) is 81.3 cm³/mol. The van der Waals surface area contributed by atoms with Crippen LogP contribution < -0.4 is 4.90 Å². The molecule has 1 amide bonds. The Labute approximate surface area is 139 Å². The zero-order chi connectivity index (χ0) is 16.7. The Balaban J connectivity index is 2.50. The van der Waals surface area contributed by atoms with Gasteiger partial charge in [0.15, 0.2) is 0 Å². The lowest BCUT2D eigenvalue weighted by Gasteiger charge is -2.20. The zero-order valence-corrected chi connectivity index (χ0v) is 14.3. The third-order valence-corrected chi connectivity index (χ3v) is 5.53. The number of halogens is 3. The summed E-state index contributed by atoms with van der Waals surface area (Å²) < 4.78 is 40.1. The van der Waals surface area contributed by atoms with Crippen molar-refractivity contribution in [3.8, 4) is 0 Å². The summed E-state index contributed by atoms with van der Waals surface area (Å²) in [7, 11) is -3.69. The summed E-state index contributed by atoms with van der Waals surface area (Å²) in [5.41, 5.74) is 0.0974. The molecular weight excluding hydrogens is 405 g/mol. The molecule has 0 bridgehead atoms. The molecule has 6 nitrogen and oxygen atoms in total. The predicted octanol–water partition coefficient (Wildman–Crippen LogP) is 2.29. The minimum atomic E-state index is -4.85. The van der Waals surface area contributed by atoms with Crippen molar-refractivity contribution in [2.75, 3.05) is 18.6 Å². The van der Waals surface area contributed by atoms with Gasteiger partial charge in [0.2, 0.25) is 5.91 Å². The van der Waals surface area contributed by atoms with Crippen molar-refractivity contribution in [2.24, 2.45) is 0 Å². The Morgan fingerprint density at radius 1 is 1.50 bits per heavy atom. The summed E-state index contributed by atoms with van der Waals surface area (Å²) in [6.07, 6.45) is -0.493. The molecule has 1 fully saturated rings. The molecule has 1 aliphatic rings. The first kappa shape index (κ1) is 17.2. The Morgan fingerprint density at radius 2 is 2.14 bits per heavy atom. The highest BCUT2D eigenvalue weighted by atomic mass is 79.9. The number of rotatable bonds is 3. The van der Waals surface area contributed by atoms with Crippen LogP contribution in [-0.4, -0.2) is 39.2 Å². The zero-order valence-electron chi connectivity index (χ0n) is 11.2. The van der Waals surface area contributed by atoms with Gasteiger partial charge in [-0.1, -0.05) is 11.6 Å². The van der Waals surface area contributed by atoms with Crippen molar-refractivity contribution in [2.45, 2.75) is 11.7 Å². The molecule has 1 heterocycles. The average molecular weight is 415 g/mol. The molecule has 0 saturated carbocycles. The van der Waals surface area contributed by atoms with E-state index < -0.39 is 33.8 Å². The molecule has 22 heavy (non-hydrogen) atoms. The molecule has 120 valence electrons. The molecule has 2 rings (SSSR count). The highest BCUT2D eigenvalue weighted by molar-refractivity contribution is 9.10. The van der Waals surface area contributed by atoms with Crippen molar-refractivity contribution in [1.29, 1.82) is 0 Å². The summed E-state index contributed by atoms with van der Waals surface area (Å²) in [5, 5.41) is -1.25. The second-order valence-corrected chi connectivity index (χ2v) is 7.46. The largest absolute Gasteiger partial charge is 0.465 e. The first-order chi connectivity index (χ1) is 10.1. The number of benzene rings is 1. The summed E-state index contributed by atoms with van der Waals surface area (Å²) in [4.78, 5) is 24.8. The maximum atomic E-state index is 13.1. The normalized spacial score (nSPS) is 18.6. The number of ether oxygens (including phenoxy) is 1. The third kappa shape index (κ3) is 3.26. The fourth-order valence-electron chi connectivity index (χ4n) is 2.13. The van der Waals surface area contributed by atoms with Gasteiger partial charge < -0.3 is 9.64 Å². The van der Waals surface area contributed by atoms with Gasteiger partial charge in [-0.3, -0.25) is 4.79 Å². The third-order valence-electron chi connectivity index (χ3n) is 3.22. The van der Waals surface area contributed by atoms with Crippen LogP contribution in [0.25, 0.3) is 0 Å². The SMILES string of the molecule is COC(=O)c1cc(Br)c(Cl)cc1N1CC(S(=O)(=O)F)CC1=O. The maximum absolute atomic E-state index is 13.1. The molecule has 1 aromatic carbocycles. The Hall–Kier alpha value is -1.19. The van der Waals surface area contributed by atoms with Gasteiger partial charge in [-0.25, -0.2) is 4.79 Å². The van der Waals surface area contributed by atoms with Crippen LogP contribution in [0.1, 0.15) is 16.8 Å². The minimum absolute atomic E-state index is 0.0176. The van der Waals surface area contributed by atoms with Crippen molar-refractivity contribution < 1.29 is 26.6 Å². The van der Waals surface area contributed by atoms with Crippen LogP contribution in [0.5, 0.6) is 0 Å². The second kappa shape index (κ2) is 6.13. The first-order valence-electron chi connectivity index (χ1n) is 5.96. The number of esters is 1. The molecule has 0 spiro atoms. The summed E-state index contributed by atoms with van der Waals surface area (Å²) in [5.74, 6) is -1.35. The van der Waals surface area contributed by atoms with Gasteiger partial charge in [0.05, 0.1) is 23.4 Å². The van der Waals surface area contributed by atoms with Crippen molar-refractivity contribution in [3.05, 3.63) is 27.2 Å². The molecule has 0 aromatic heterocycles. The molecule has 0 radical (unpaired) electrons. The van der Waals surface area contributed by atoms with Crippen molar-refractivity contribution in [3.63, 3.8) is 0 Å². The Morgan fingerprint density at radius 3 is 2.64 bits per heavy atom. The summed E-state index contributed by atoms with van der Waals surface area (Å²) in [6.45, 7) is -0.389. The van der Waals surface area contributed by atoms with Gasteiger partial charge in [0.1, 0.15) is 5.25 Å². The van der Waals surface area contributed by atoms with Gasteiger partial charge in [-0.2, -0.15) is 8.42 Å². The lowest BCUT2D eigenvalue weighted by molar-refractivity contribution is -0.117. The molecule has 0 N–H and O–H groups in total. The van der Waals surface area contributed by atoms with E-state index in [1.54, 1.807) is 0 Å². The van der Waals surface area contributed by atoms with E-state index in [1.165, 1.54) is 12.1 Å². The molecule has 1 saturated heterocycles. The smallest absolute Gasteiger partial charge is 0.340 e. The van der Waals surface area contributed by atoms with Crippen LogP contribution >= 0.6 is 27.5 Å². The maximum Gasteiger partial charge on any atom is 0.340 e. The lowest BCUT2D eigenvalue weighted by atomic mass is 10.1. The number of carbonyl (C=O) groups excluding carboxylic acids is 2. The molecular formula is C12H10BrClFNO5S. The van der Waals surface area contributed by atoms with Crippen molar-refractivity contribution >= 4 is 55.3 Å². The molecule has 1 aromatic rings. The minimum Gasteiger partial charge on any atom is -0.465 e. The van der Waals surface area contributed by atoms with Gasteiger partial charge in [-0.05, 0) is 28.1 Å². The molecule has 0 aliphatic carbocycles. The van der Waals surface area contributed by atoms with E-state index in [0.29, 0.717) is 4.47 Å². The van der Waals surface area contributed by atoms with E-state index >= 15 is 0 Å². The van der Waals surface area contributed by atoms with E-state index in [9.17, 15) is 21.9 Å². The topological polar surface area (TPSA) is 80.8 Å². The van der Waals surface area contributed by atoms with Crippen LogP contribution in [0.3, 0.4) is 0 Å². The number of hydrogen-bond acceptors (Lipinski definition) is 5. The number of carbonyl (C=O) groups is 2. The fourth-order valence-corrected chi connectivity index (χ4v) is 3.30. The highest BCUT2D eigenvalue weighted by Gasteiger charge is 2.40. The van der Waals surface area contributed by atoms with Crippen LogP contribution in [0, 0.1) is 0 Å². The van der Waals surface area contributed by atoms with E-state index in [-0.39, 0.29) is 22.8 Å². The second-order valence-electron chi connectivity index (χ2n) is 4.58. The van der Waals surface area contributed by atoms with Gasteiger partial charge >= 0.3 is 16.2 Å². The molecule has 1 atom stereocenters. The first-order valence-corrected chi connectivity index (χ1v) is 8.58. The monoisotopic (exact) mass is 413 g/mol. The van der Waals surface area contributed by atoms with Crippen LogP contribution in [0.4, 0.5) is 9.57 Å². The molecule has 1 aliphatic heterocycles. The molecule has 1 unspecified atom stereocenters. The van der Waals surface area contributed by atoms with E-state index in [4.69, 9.17) is 11.6 Å². The number of hydrogen-bond donors (Lipinski definition) is 0. The fraction of sp³-hybridized carbons (Fsp3) is 0.333. The lowest BCUT2D eigenvalue weighted by Crippen LogP contribution is -2.28. The summed E-state index contributed by atoms with van der Waals surface area (Å²) >= 11 is 9.10. The average Bonchev–Trinajstić information content (AvgIpc) is 2.82. The van der Waals surface area contributed by atoms with Crippen LogP contribution in [-0.2, 0) is 19.8 Å². The van der Waals surface area contributed by atoms with Gasteiger partial charge in [-0.15, -0.1) is 3.89 Å². The van der Waals surface area contributed by atoms with E-state index in [1.807, 2.05) is 0 Å². The van der Waals surface area contributed by atoms with E-state index in [2.05, 4.69) is 20.7 Å². The van der Waals surface area contributed by atoms with E-state index in [0.717, 1.165) is 12.0 Å². The van der Waals surface area contributed by atoms with Gasteiger partial charge in [0.25, 0.3) is 0 Å². The standard InChI is InChI=1S/C12H10BrClFNO5S/c1-21-12(18)7-3-8(13)9(14)4-10(7)16-5-6(2-11(16)17)22(15,19)20/h3-4,6H,2,5H2,1H3. The Kier molecular flexibility index (Phi) is 4.78. The highest BCUT2D eigenvalue weighted by Crippen LogP contribution is 2.35. The van der Waals surface area contributed by atoms with Gasteiger partial charge in [0, 0.05) is 17.4 Å². The number of nitrogens with zero attached hydrogens (tertiary/aromatic N) is 1. The number of amides is 1. The van der Waals surface area contributed by atoms with Crippen molar-refractivity contribution in [1.82, 2.24) is 0 Å². The number of anilines is 1. The van der Waals surface area contributed by atoms with Crippen LogP contribution in [0.15, 0.2) is 16.6 Å². The Bertz CT molecular complexity index is 754. The van der Waals surface area contributed by atoms with Crippen LogP contribution in [0.2, 0.25) is 5.02 Å². The summed E-state index contributed by atoms with van der Waals surface area (Å²) in [6, 6.07) is 2.68. The quantitative estimate of drug-likeness (QED) is 0.560. The molecule has 10 heteroatoms. The number of methoxy groups -OCH3 is 1.